The van der Waals surface area contributed by atoms with E-state index in [1.807, 2.05) is 0 Å². The van der Waals surface area contributed by atoms with Crippen molar-refractivity contribution in [2.24, 2.45) is 16.6 Å². The average molecular weight is 267 g/mol. The summed E-state index contributed by atoms with van der Waals surface area (Å²) >= 11 is 0. The maximum Gasteiger partial charge on any atom is 0.258 e. The second-order valence-electron chi connectivity index (χ2n) is 5.42. The molecule has 1 heterocycles. The molecule has 0 bridgehead atoms. The van der Waals surface area contributed by atoms with E-state index in [0.717, 1.165) is 25.0 Å². The van der Waals surface area contributed by atoms with Crippen LogP contribution in [0.1, 0.15) is 47.0 Å². The Labute approximate surface area is 115 Å². The fourth-order valence-electron chi connectivity index (χ4n) is 2.46. The molecule has 1 atom stereocenters. The largest absolute Gasteiger partial charge is 0.382 e. The number of carbonyl (C=O) groups excluding carboxylic acids is 1. The zero-order chi connectivity index (χ0) is 14.6. The Bertz CT molecular complexity index is 394. The molecule has 0 radical (unpaired) electrons. The second-order valence-corrected chi connectivity index (χ2v) is 5.42. The van der Waals surface area contributed by atoms with Gasteiger partial charge in [0, 0.05) is 18.7 Å². The Morgan fingerprint density at radius 2 is 2.26 bits per heavy atom. The van der Waals surface area contributed by atoms with Gasteiger partial charge >= 0.3 is 0 Å². The molecule has 1 rings (SSSR count). The highest BCUT2D eigenvalue weighted by atomic mass is 16.3. The molecule has 5 heteroatoms. The van der Waals surface area contributed by atoms with Gasteiger partial charge in [0.1, 0.15) is 11.4 Å². The van der Waals surface area contributed by atoms with Gasteiger partial charge in [-0.1, -0.05) is 6.92 Å². The van der Waals surface area contributed by atoms with Gasteiger partial charge in [0.25, 0.3) is 5.91 Å². The zero-order valence-electron chi connectivity index (χ0n) is 12.3. The van der Waals surface area contributed by atoms with E-state index in [9.17, 15) is 9.90 Å². The Balaban J connectivity index is 3.20. The Morgan fingerprint density at radius 1 is 1.63 bits per heavy atom. The summed E-state index contributed by atoms with van der Waals surface area (Å²) in [4.78, 5) is 18.1. The van der Waals surface area contributed by atoms with Crippen LogP contribution in [0.5, 0.6) is 0 Å². The molecule has 3 N–H and O–H groups in total. The van der Waals surface area contributed by atoms with E-state index in [1.54, 1.807) is 18.0 Å². The van der Waals surface area contributed by atoms with E-state index in [1.165, 1.54) is 13.8 Å². The van der Waals surface area contributed by atoms with Gasteiger partial charge < -0.3 is 15.7 Å². The van der Waals surface area contributed by atoms with Gasteiger partial charge in [-0.2, -0.15) is 0 Å². The molecule has 1 fully saturated rings. The molecule has 1 aliphatic heterocycles. The molecular weight excluding hydrogens is 242 g/mol. The van der Waals surface area contributed by atoms with Crippen molar-refractivity contribution >= 4 is 12.1 Å². The Hall–Kier alpha value is -1.36. The van der Waals surface area contributed by atoms with Gasteiger partial charge in [0.2, 0.25) is 0 Å². The van der Waals surface area contributed by atoms with Crippen LogP contribution in [-0.4, -0.2) is 34.3 Å². The lowest BCUT2D eigenvalue weighted by molar-refractivity contribution is -0.147. The monoisotopic (exact) mass is 267 g/mol. The summed E-state index contributed by atoms with van der Waals surface area (Å²) in [5.74, 6) is 0.297. The molecule has 0 saturated carbocycles. The number of aliphatic hydroxyl groups is 1. The first kappa shape index (κ1) is 15.7. The van der Waals surface area contributed by atoms with Crippen LogP contribution in [0.2, 0.25) is 0 Å². The van der Waals surface area contributed by atoms with Crippen LogP contribution in [0.3, 0.4) is 0 Å². The van der Waals surface area contributed by atoms with E-state index in [-0.39, 0.29) is 11.8 Å². The second kappa shape index (κ2) is 6.19. The minimum atomic E-state index is -1.39. The summed E-state index contributed by atoms with van der Waals surface area (Å²) in [6.07, 6.45) is 4.45. The Morgan fingerprint density at radius 3 is 2.74 bits per heavy atom. The van der Waals surface area contributed by atoms with Crippen molar-refractivity contribution in [2.45, 2.75) is 52.6 Å². The van der Waals surface area contributed by atoms with Crippen molar-refractivity contribution in [1.82, 2.24) is 4.90 Å². The number of likely N-dealkylation sites (tertiary alicyclic amines) is 1. The molecule has 0 unspecified atom stereocenters. The van der Waals surface area contributed by atoms with Gasteiger partial charge in [-0.25, -0.2) is 4.99 Å². The number of aliphatic imine (C=N–C) groups is 1. The number of carbonyl (C=O) groups is 1. The summed E-state index contributed by atoms with van der Waals surface area (Å²) in [7, 11) is 0. The molecule has 0 aliphatic carbocycles. The number of nitrogens with two attached hydrogens (primary N) is 1. The van der Waals surface area contributed by atoms with E-state index in [2.05, 4.69) is 11.9 Å². The maximum absolute atomic E-state index is 12.3. The molecule has 0 aromatic carbocycles. The lowest BCUT2D eigenvalue weighted by Crippen LogP contribution is -2.48. The third-order valence-corrected chi connectivity index (χ3v) is 3.40. The third kappa shape index (κ3) is 3.56. The molecule has 0 aromatic heterocycles. The highest BCUT2D eigenvalue weighted by Crippen LogP contribution is 2.32. The van der Waals surface area contributed by atoms with Crippen LogP contribution in [0.15, 0.2) is 16.5 Å². The van der Waals surface area contributed by atoms with Crippen LogP contribution in [0.4, 0.5) is 0 Å². The van der Waals surface area contributed by atoms with Crippen LogP contribution in [-0.2, 0) is 4.79 Å². The lowest BCUT2D eigenvalue weighted by Gasteiger charge is -2.38. The average Bonchev–Trinajstić information content (AvgIpc) is 2.36. The van der Waals surface area contributed by atoms with Crippen LogP contribution >= 0.6 is 0 Å². The summed E-state index contributed by atoms with van der Waals surface area (Å²) in [6.45, 7) is 7.46. The van der Waals surface area contributed by atoms with Crippen molar-refractivity contribution in [3.05, 3.63) is 11.5 Å². The molecule has 1 saturated heterocycles. The van der Waals surface area contributed by atoms with E-state index in [0.29, 0.717) is 12.4 Å². The SMILES string of the molecule is C/C=N\C(N)=C1[C@@H](CC)CCCN1C(=O)C(C)(C)O. The molecule has 108 valence electrons. The number of hydrogen-bond donors (Lipinski definition) is 2. The summed E-state index contributed by atoms with van der Waals surface area (Å²) < 4.78 is 0. The van der Waals surface area contributed by atoms with E-state index < -0.39 is 5.60 Å². The van der Waals surface area contributed by atoms with Crippen LogP contribution in [0, 0.1) is 5.92 Å². The smallest absolute Gasteiger partial charge is 0.258 e. The van der Waals surface area contributed by atoms with E-state index in [4.69, 9.17) is 5.73 Å². The first-order valence-electron chi connectivity index (χ1n) is 6.85. The summed E-state index contributed by atoms with van der Waals surface area (Å²) in [6, 6.07) is 0. The highest BCUT2D eigenvalue weighted by molar-refractivity contribution is 5.86. The number of nitrogens with zero attached hydrogens (tertiary/aromatic N) is 2. The minimum Gasteiger partial charge on any atom is -0.382 e. The fourth-order valence-corrected chi connectivity index (χ4v) is 2.46. The Kier molecular flexibility index (Phi) is 5.11. The van der Waals surface area contributed by atoms with Crippen molar-refractivity contribution < 1.29 is 9.90 Å². The molecular formula is C14H25N3O2. The molecule has 0 aromatic rings. The summed E-state index contributed by atoms with van der Waals surface area (Å²) in [5, 5.41) is 9.93. The van der Waals surface area contributed by atoms with Crippen LogP contribution < -0.4 is 5.73 Å². The van der Waals surface area contributed by atoms with Crippen molar-refractivity contribution in [3.63, 3.8) is 0 Å². The highest BCUT2D eigenvalue weighted by Gasteiger charge is 2.36. The predicted octanol–water partition coefficient (Wildman–Crippen LogP) is 1.62. The molecule has 19 heavy (non-hydrogen) atoms. The maximum atomic E-state index is 12.3. The molecule has 0 spiro atoms. The number of hydrogen-bond acceptors (Lipinski definition) is 4. The number of amides is 1. The molecule has 5 nitrogen and oxygen atoms in total. The van der Waals surface area contributed by atoms with Crippen molar-refractivity contribution in [2.75, 3.05) is 6.54 Å². The van der Waals surface area contributed by atoms with Gasteiger partial charge in [-0.3, -0.25) is 4.79 Å². The first-order valence-corrected chi connectivity index (χ1v) is 6.85. The van der Waals surface area contributed by atoms with E-state index >= 15 is 0 Å². The van der Waals surface area contributed by atoms with Gasteiger partial charge in [0.15, 0.2) is 0 Å². The van der Waals surface area contributed by atoms with Gasteiger partial charge in [-0.05, 0) is 40.0 Å². The van der Waals surface area contributed by atoms with Crippen molar-refractivity contribution in [3.8, 4) is 0 Å². The standard InChI is InChI=1S/C14H25N3O2/c1-5-10-8-7-9-17(13(18)14(3,4)19)11(10)12(15)16-6-2/h6,10,19H,5,7-9,15H2,1-4H3/b12-11?,16-6-/t10-/m0/s1. The number of allylic oxidation sites excluding steroid dienone is 1. The minimum absolute atomic E-state index is 0.226. The normalized spacial score (nSPS) is 23.8. The quantitative estimate of drug-likeness (QED) is 0.763. The fraction of sp³-hybridized carbons (Fsp3) is 0.714. The van der Waals surface area contributed by atoms with Gasteiger partial charge in [-0.15, -0.1) is 0 Å². The van der Waals surface area contributed by atoms with Crippen molar-refractivity contribution in [1.29, 1.82) is 0 Å². The predicted molar refractivity (Wildman–Crippen MR) is 76.4 cm³/mol. The molecule has 1 aliphatic rings. The van der Waals surface area contributed by atoms with Crippen LogP contribution in [0.25, 0.3) is 0 Å². The third-order valence-electron chi connectivity index (χ3n) is 3.40. The first-order chi connectivity index (χ1) is 8.82. The van der Waals surface area contributed by atoms with Gasteiger partial charge in [0.05, 0.1) is 5.70 Å². The summed E-state index contributed by atoms with van der Waals surface area (Å²) in [5.41, 5.74) is 5.37. The number of piperidine rings is 1. The number of rotatable bonds is 3. The lowest BCUT2D eigenvalue weighted by atomic mass is 9.90. The zero-order valence-corrected chi connectivity index (χ0v) is 12.3. The molecule has 1 amide bonds. The topological polar surface area (TPSA) is 78.9 Å².